The van der Waals surface area contributed by atoms with E-state index in [9.17, 15) is 4.79 Å². The van der Waals surface area contributed by atoms with Crippen LogP contribution in [0, 0.1) is 0 Å². The van der Waals surface area contributed by atoms with Crippen molar-refractivity contribution in [1.29, 1.82) is 0 Å². The van der Waals surface area contributed by atoms with Gasteiger partial charge in [-0.05, 0) is 37.1 Å². The topological polar surface area (TPSA) is 101 Å². The Labute approximate surface area is 101 Å². The first-order valence-electron chi connectivity index (χ1n) is 5.63. The zero-order chi connectivity index (χ0) is 12.7. The zero-order valence-electron chi connectivity index (χ0n) is 9.73. The minimum absolute atomic E-state index is 0.00665. The monoisotopic (exact) mass is 237 g/mol. The number of nitrogens with one attached hydrogen (secondary N) is 1. The number of hydrogen-bond acceptors (Lipinski definition) is 4. The molecule has 0 heterocycles. The summed E-state index contributed by atoms with van der Waals surface area (Å²) < 4.78 is 0. The molecule has 0 bridgehead atoms. The maximum absolute atomic E-state index is 11.2. The number of carbonyl (C=O) groups excluding carboxylic acids is 1. The smallest absolute Gasteiger partial charge is 0.239 e. The first-order valence-corrected chi connectivity index (χ1v) is 5.63. The average molecular weight is 237 g/mol. The van der Waals surface area contributed by atoms with E-state index in [4.69, 9.17) is 16.6 Å². The molecule has 94 valence electrons. The van der Waals surface area contributed by atoms with Gasteiger partial charge in [0, 0.05) is 5.69 Å². The van der Waals surface area contributed by atoms with Crippen molar-refractivity contribution in [3.05, 3.63) is 29.8 Å². The summed E-state index contributed by atoms with van der Waals surface area (Å²) in [4.78, 5) is 11.2. The highest BCUT2D eigenvalue weighted by molar-refractivity contribution is 5.82. The fraction of sp³-hybridized carbons (Fsp3) is 0.417. The Morgan fingerprint density at radius 3 is 2.47 bits per heavy atom. The molecule has 0 aliphatic heterocycles. The van der Waals surface area contributed by atoms with Gasteiger partial charge in [0.2, 0.25) is 5.91 Å². The third-order valence-electron chi connectivity index (χ3n) is 2.52. The standard InChI is InChI=1S/C12H19N3O2/c13-7-1-2-11(12(14)17)15-10-5-3-9(8-16)4-6-10/h3-6,11,15-16H,1-2,7-8,13H2,(H2,14,17). The lowest BCUT2D eigenvalue weighted by Gasteiger charge is -2.16. The van der Waals surface area contributed by atoms with Crippen molar-refractivity contribution >= 4 is 11.6 Å². The zero-order valence-corrected chi connectivity index (χ0v) is 9.73. The third kappa shape index (κ3) is 4.42. The summed E-state index contributed by atoms with van der Waals surface area (Å²) >= 11 is 0. The lowest BCUT2D eigenvalue weighted by Crippen LogP contribution is -2.35. The molecule has 5 nitrogen and oxygen atoms in total. The van der Waals surface area contributed by atoms with Crippen molar-refractivity contribution in [2.75, 3.05) is 11.9 Å². The van der Waals surface area contributed by atoms with Crippen LogP contribution in [0.4, 0.5) is 5.69 Å². The molecule has 0 radical (unpaired) electrons. The van der Waals surface area contributed by atoms with E-state index >= 15 is 0 Å². The molecule has 0 fully saturated rings. The van der Waals surface area contributed by atoms with Gasteiger partial charge in [-0.3, -0.25) is 4.79 Å². The lowest BCUT2D eigenvalue weighted by molar-refractivity contribution is -0.118. The van der Waals surface area contributed by atoms with E-state index in [-0.39, 0.29) is 12.5 Å². The van der Waals surface area contributed by atoms with Crippen molar-refractivity contribution in [3.8, 4) is 0 Å². The number of amides is 1. The maximum Gasteiger partial charge on any atom is 0.239 e. The van der Waals surface area contributed by atoms with Gasteiger partial charge >= 0.3 is 0 Å². The summed E-state index contributed by atoms with van der Waals surface area (Å²) in [6, 6.07) is 6.80. The molecular formula is C12H19N3O2. The van der Waals surface area contributed by atoms with Gasteiger partial charge in [0.15, 0.2) is 0 Å². The van der Waals surface area contributed by atoms with Crippen LogP contribution in [0.25, 0.3) is 0 Å². The SMILES string of the molecule is NCCCC(Nc1ccc(CO)cc1)C(N)=O. The van der Waals surface area contributed by atoms with Gasteiger partial charge in [0.25, 0.3) is 0 Å². The van der Waals surface area contributed by atoms with Gasteiger partial charge in [-0.25, -0.2) is 0 Å². The predicted octanol–water partition coefficient (Wildman–Crippen LogP) is 0.184. The molecule has 1 rings (SSSR count). The van der Waals surface area contributed by atoms with Crippen LogP contribution >= 0.6 is 0 Å². The van der Waals surface area contributed by atoms with Gasteiger partial charge in [-0.2, -0.15) is 0 Å². The highest BCUT2D eigenvalue weighted by Gasteiger charge is 2.13. The average Bonchev–Trinajstić information content (AvgIpc) is 2.35. The molecule has 5 heteroatoms. The molecule has 6 N–H and O–H groups in total. The Morgan fingerprint density at radius 2 is 2.00 bits per heavy atom. The molecule has 0 saturated carbocycles. The Morgan fingerprint density at radius 1 is 1.35 bits per heavy atom. The summed E-state index contributed by atoms with van der Waals surface area (Å²) in [6.07, 6.45) is 1.36. The van der Waals surface area contributed by atoms with E-state index in [1.54, 1.807) is 12.1 Å². The quantitative estimate of drug-likeness (QED) is 0.543. The molecule has 17 heavy (non-hydrogen) atoms. The molecule has 1 aromatic carbocycles. The Hall–Kier alpha value is -1.59. The summed E-state index contributed by atoms with van der Waals surface area (Å²) in [5.74, 6) is -0.385. The number of rotatable bonds is 7. The van der Waals surface area contributed by atoms with Crippen molar-refractivity contribution in [2.24, 2.45) is 11.5 Å². The second kappa shape index (κ2) is 6.88. The predicted molar refractivity (Wildman–Crippen MR) is 67.3 cm³/mol. The van der Waals surface area contributed by atoms with Crippen LogP contribution in [0.3, 0.4) is 0 Å². The van der Waals surface area contributed by atoms with Gasteiger partial charge < -0.3 is 21.9 Å². The second-order valence-electron chi connectivity index (χ2n) is 3.89. The number of aliphatic hydroxyl groups excluding tert-OH is 1. The molecule has 0 spiro atoms. The highest BCUT2D eigenvalue weighted by Crippen LogP contribution is 2.12. The number of aliphatic hydroxyl groups is 1. The van der Waals surface area contributed by atoms with E-state index in [2.05, 4.69) is 5.32 Å². The number of nitrogens with two attached hydrogens (primary N) is 2. The molecule has 1 aromatic rings. The van der Waals surface area contributed by atoms with Crippen LogP contribution in [0.2, 0.25) is 0 Å². The number of carbonyl (C=O) groups is 1. The highest BCUT2D eigenvalue weighted by atomic mass is 16.3. The van der Waals surface area contributed by atoms with Crippen LogP contribution in [-0.4, -0.2) is 23.6 Å². The van der Waals surface area contributed by atoms with Crippen molar-refractivity contribution < 1.29 is 9.90 Å². The molecule has 1 unspecified atom stereocenters. The molecule has 0 aliphatic carbocycles. The van der Waals surface area contributed by atoms with Gasteiger partial charge in [0.1, 0.15) is 6.04 Å². The Balaban J connectivity index is 2.61. The summed E-state index contributed by atoms with van der Waals surface area (Å²) in [7, 11) is 0. The first-order chi connectivity index (χ1) is 8.17. The second-order valence-corrected chi connectivity index (χ2v) is 3.89. The van der Waals surface area contributed by atoms with Crippen molar-refractivity contribution in [2.45, 2.75) is 25.5 Å². The number of benzene rings is 1. The molecule has 0 aromatic heterocycles. The Bertz CT molecular complexity index is 351. The maximum atomic E-state index is 11.2. The minimum Gasteiger partial charge on any atom is -0.392 e. The van der Waals surface area contributed by atoms with Gasteiger partial charge in [-0.15, -0.1) is 0 Å². The summed E-state index contributed by atoms with van der Waals surface area (Å²) in [6.45, 7) is 0.543. The normalized spacial score (nSPS) is 12.1. The third-order valence-corrected chi connectivity index (χ3v) is 2.52. The van der Waals surface area contributed by atoms with E-state index in [0.717, 1.165) is 17.7 Å². The number of hydrogen-bond donors (Lipinski definition) is 4. The van der Waals surface area contributed by atoms with Crippen LogP contribution in [-0.2, 0) is 11.4 Å². The van der Waals surface area contributed by atoms with Crippen LogP contribution in [0.1, 0.15) is 18.4 Å². The fourth-order valence-electron chi connectivity index (χ4n) is 1.52. The summed E-state index contributed by atoms with van der Waals surface area (Å²) in [5, 5.41) is 12.0. The fourth-order valence-corrected chi connectivity index (χ4v) is 1.52. The van der Waals surface area contributed by atoms with Crippen LogP contribution in [0.5, 0.6) is 0 Å². The van der Waals surface area contributed by atoms with E-state index in [0.29, 0.717) is 13.0 Å². The molecular weight excluding hydrogens is 218 g/mol. The van der Waals surface area contributed by atoms with E-state index < -0.39 is 6.04 Å². The largest absolute Gasteiger partial charge is 0.392 e. The van der Waals surface area contributed by atoms with E-state index in [1.165, 1.54) is 0 Å². The Kier molecular flexibility index (Phi) is 5.45. The first kappa shape index (κ1) is 13.5. The van der Waals surface area contributed by atoms with Gasteiger partial charge in [0.05, 0.1) is 6.61 Å². The van der Waals surface area contributed by atoms with Crippen LogP contribution < -0.4 is 16.8 Å². The molecule has 0 aliphatic rings. The summed E-state index contributed by atoms with van der Waals surface area (Å²) in [5.41, 5.74) is 12.3. The van der Waals surface area contributed by atoms with Gasteiger partial charge in [-0.1, -0.05) is 12.1 Å². The van der Waals surface area contributed by atoms with Crippen LogP contribution in [0.15, 0.2) is 24.3 Å². The van der Waals surface area contributed by atoms with Crippen molar-refractivity contribution in [3.63, 3.8) is 0 Å². The van der Waals surface area contributed by atoms with Crippen molar-refractivity contribution in [1.82, 2.24) is 0 Å². The lowest BCUT2D eigenvalue weighted by atomic mass is 10.1. The minimum atomic E-state index is -0.404. The molecule has 1 amide bonds. The van der Waals surface area contributed by atoms with E-state index in [1.807, 2.05) is 12.1 Å². The number of primary amides is 1. The molecule has 0 saturated heterocycles. The molecule has 1 atom stereocenters. The number of anilines is 1.